The molecule has 2 N–H and O–H groups in total. The Kier molecular flexibility index (Phi) is 5.36. The summed E-state index contributed by atoms with van der Waals surface area (Å²) in [4.78, 5) is 15.3. The van der Waals surface area contributed by atoms with Crippen molar-refractivity contribution >= 4 is 45.0 Å². The van der Waals surface area contributed by atoms with Crippen molar-refractivity contribution in [3.63, 3.8) is 0 Å². The summed E-state index contributed by atoms with van der Waals surface area (Å²) in [5.74, 6) is 1.35. The third-order valence-corrected chi connectivity index (χ3v) is 6.60. The number of methoxy groups -OCH3 is 2. The average Bonchev–Trinajstić information content (AvgIpc) is 3.35. The fraction of sp³-hybridized carbons (Fsp3) is 0.158. The molecule has 10 heteroatoms. The van der Waals surface area contributed by atoms with Crippen LogP contribution in [-0.2, 0) is 0 Å². The number of tetrazole rings is 1. The maximum atomic E-state index is 13.0. The summed E-state index contributed by atoms with van der Waals surface area (Å²) < 4.78 is 11.8. The summed E-state index contributed by atoms with van der Waals surface area (Å²) in [7, 11) is 3.26. The minimum absolute atomic E-state index is 0.124. The van der Waals surface area contributed by atoms with Gasteiger partial charge in [-0.2, -0.15) is 5.21 Å². The summed E-state index contributed by atoms with van der Waals surface area (Å²) in [5.41, 5.74) is 1.00. The minimum Gasteiger partial charge on any atom is -0.497 e. The van der Waals surface area contributed by atoms with Gasteiger partial charge >= 0.3 is 0 Å². The number of aromatic nitrogens is 4. The van der Waals surface area contributed by atoms with E-state index in [4.69, 9.17) is 9.47 Å². The van der Waals surface area contributed by atoms with Crippen LogP contribution in [0.2, 0.25) is 0 Å². The molecule has 0 spiro atoms. The van der Waals surface area contributed by atoms with Crippen LogP contribution in [0, 0.1) is 6.92 Å². The number of amides is 1. The second-order valence-corrected chi connectivity index (χ2v) is 8.18. The molecule has 0 saturated carbocycles. The summed E-state index contributed by atoms with van der Waals surface area (Å²) in [6.45, 7) is 1.98. The number of aromatic amines is 1. The van der Waals surface area contributed by atoms with Gasteiger partial charge in [-0.1, -0.05) is 22.9 Å². The molecule has 0 radical (unpaired) electrons. The van der Waals surface area contributed by atoms with Gasteiger partial charge in [0, 0.05) is 19.9 Å². The van der Waals surface area contributed by atoms with Crippen molar-refractivity contribution in [2.45, 2.75) is 16.7 Å². The van der Waals surface area contributed by atoms with Crippen molar-refractivity contribution in [3.8, 4) is 11.5 Å². The lowest BCUT2D eigenvalue weighted by atomic mass is 10.1. The first-order valence-corrected chi connectivity index (χ1v) is 10.2. The number of rotatable bonds is 6. The van der Waals surface area contributed by atoms with E-state index in [9.17, 15) is 4.79 Å². The Morgan fingerprint density at radius 1 is 1.21 bits per heavy atom. The lowest BCUT2D eigenvalue weighted by Crippen LogP contribution is -2.12. The van der Waals surface area contributed by atoms with Crippen LogP contribution in [0.3, 0.4) is 0 Å². The molecule has 2 heterocycles. The lowest BCUT2D eigenvalue weighted by Gasteiger charge is -2.08. The summed E-state index contributed by atoms with van der Waals surface area (Å²) in [5, 5.41) is 17.0. The summed E-state index contributed by atoms with van der Waals surface area (Å²) >= 11 is 2.91. The third kappa shape index (κ3) is 3.89. The number of nitrogens with one attached hydrogen (secondary N) is 2. The molecule has 0 aliphatic rings. The third-order valence-electron chi connectivity index (χ3n) is 4.20. The first-order chi connectivity index (χ1) is 14.1. The second kappa shape index (κ2) is 8.10. The van der Waals surface area contributed by atoms with Crippen molar-refractivity contribution in [1.29, 1.82) is 0 Å². The van der Waals surface area contributed by atoms with Crippen molar-refractivity contribution < 1.29 is 14.3 Å². The van der Waals surface area contributed by atoms with E-state index in [0.29, 0.717) is 4.88 Å². The topological polar surface area (TPSA) is 102 Å². The zero-order chi connectivity index (χ0) is 20.4. The Morgan fingerprint density at radius 3 is 2.79 bits per heavy atom. The van der Waals surface area contributed by atoms with Gasteiger partial charge in [-0.05, 0) is 48.0 Å². The predicted octanol–water partition coefficient (Wildman–Crippen LogP) is 4.14. The number of anilines is 1. The number of H-pyrrole nitrogens is 1. The van der Waals surface area contributed by atoms with Gasteiger partial charge in [0.1, 0.15) is 16.4 Å². The smallest absolute Gasteiger partial charge is 0.270 e. The molecule has 148 valence electrons. The molecular weight excluding hydrogens is 410 g/mol. The highest BCUT2D eigenvalue weighted by Gasteiger charge is 2.22. The van der Waals surface area contributed by atoms with Crippen LogP contribution in [-0.4, -0.2) is 40.8 Å². The van der Waals surface area contributed by atoms with Gasteiger partial charge < -0.3 is 9.47 Å². The van der Waals surface area contributed by atoms with E-state index >= 15 is 0 Å². The lowest BCUT2D eigenvalue weighted by molar-refractivity contribution is 0.102. The predicted molar refractivity (Wildman–Crippen MR) is 112 cm³/mol. The van der Waals surface area contributed by atoms with Gasteiger partial charge in [0.2, 0.25) is 0 Å². The zero-order valence-corrected chi connectivity index (χ0v) is 17.5. The molecular formula is C19H17N5O3S2. The number of fused-ring (bicyclic) bond motifs is 1. The van der Waals surface area contributed by atoms with Crippen LogP contribution in [0.5, 0.6) is 11.5 Å². The van der Waals surface area contributed by atoms with Crippen molar-refractivity contribution in [1.82, 2.24) is 20.6 Å². The van der Waals surface area contributed by atoms with Crippen LogP contribution < -0.4 is 14.8 Å². The molecule has 1 amide bonds. The Labute approximate surface area is 174 Å². The molecule has 4 rings (SSSR count). The number of hydrogen-bond acceptors (Lipinski definition) is 8. The van der Waals surface area contributed by atoms with Gasteiger partial charge in [0.25, 0.3) is 11.9 Å². The molecule has 4 aromatic rings. The van der Waals surface area contributed by atoms with Gasteiger partial charge in [-0.3, -0.25) is 10.1 Å². The van der Waals surface area contributed by atoms with Gasteiger partial charge in [-0.15, -0.1) is 16.4 Å². The van der Waals surface area contributed by atoms with Crippen molar-refractivity contribution in [2.75, 3.05) is 19.5 Å². The number of carbonyl (C=O) groups is 1. The molecule has 0 saturated heterocycles. The number of nitrogens with zero attached hydrogens (tertiary/aromatic N) is 3. The fourth-order valence-electron chi connectivity index (χ4n) is 2.83. The van der Waals surface area contributed by atoms with Crippen LogP contribution >= 0.6 is 23.1 Å². The molecule has 0 aliphatic carbocycles. The van der Waals surface area contributed by atoms with Gasteiger partial charge in [-0.25, -0.2) is 0 Å². The molecule has 0 bridgehead atoms. The zero-order valence-electron chi connectivity index (χ0n) is 15.8. The minimum atomic E-state index is -0.297. The average molecular weight is 428 g/mol. The highest BCUT2D eigenvalue weighted by molar-refractivity contribution is 7.99. The highest BCUT2D eigenvalue weighted by Crippen LogP contribution is 2.44. The van der Waals surface area contributed by atoms with E-state index in [0.717, 1.165) is 36.9 Å². The quantitative estimate of drug-likeness (QED) is 0.477. The van der Waals surface area contributed by atoms with Crippen molar-refractivity contribution in [2.24, 2.45) is 0 Å². The van der Waals surface area contributed by atoms with E-state index in [2.05, 4.69) is 25.9 Å². The van der Waals surface area contributed by atoms with E-state index in [1.165, 1.54) is 23.1 Å². The van der Waals surface area contributed by atoms with Gasteiger partial charge in [0.15, 0.2) is 0 Å². The van der Waals surface area contributed by atoms with E-state index in [1.54, 1.807) is 14.2 Å². The Bertz CT molecular complexity index is 1170. The maximum absolute atomic E-state index is 13.0. The SMILES string of the molecule is COc1cccc(Sc2c(C(=O)Nc3nn[nH]n3)sc3cc(C)c(OC)cc23)c1. The summed E-state index contributed by atoms with van der Waals surface area (Å²) in [6.07, 6.45) is 0. The van der Waals surface area contributed by atoms with Crippen molar-refractivity contribution in [3.05, 3.63) is 46.8 Å². The molecule has 0 unspecified atom stereocenters. The van der Waals surface area contributed by atoms with E-state index < -0.39 is 0 Å². The number of thiophene rings is 1. The molecule has 0 aliphatic heterocycles. The standard InChI is InChI=1S/C19H17N5O3S2/c1-10-7-15-13(9-14(10)27-3)16(28-12-6-4-5-11(8-12)26-2)17(29-15)18(25)20-19-21-23-24-22-19/h4-9H,1-3H3,(H2,20,21,22,23,24,25). The maximum Gasteiger partial charge on any atom is 0.270 e. The van der Waals surface area contributed by atoms with Gasteiger partial charge in [0.05, 0.1) is 14.2 Å². The molecule has 8 nitrogen and oxygen atoms in total. The number of aryl methyl sites for hydroxylation is 1. The van der Waals surface area contributed by atoms with Crippen LogP contribution in [0.15, 0.2) is 46.2 Å². The number of hydrogen-bond donors (Lipinski definition) is 2. The largest absolute Gasteiger partial charge is 0.497 e. The monoisotopic (exact) mass is 427 g/mol. The summed E-state index contributed by atoms with van der Waals surface area (Å²) in [6, 6.07) is 11.7. The number of carbonyl (C=O) groups excluding carboxylic acids is 1. The first-order valence-electron chi connectivity index (χ1n) is 8.57. The van der Waals surface area contributed by atoms with Crippen LogP contribution in [0.25, 0.3) is 10.1 Å². The normalized spacial score (nSPS) is 10.9. The number of ether oxygens (including phenoxy) is 2. The van der Waals surface area contributed by atoms with E-state index in [-0.39, 0.29) is 11.9 Å². The Balaban J connectivity index is 1.82. The van der Waals surface area contributed by atoms with Crippen LogP contribution in [0.1, 0.15) is 15.2 Å². The molecule has 0 atom stereocenters. The number of benzene rings is 2. The first kappa shape index (κ1) is 19.2. The van der Waals surface area contributed by atoms with Crippen LogP contribution in [0.4, 0.5) is 5.95 Å². The second-order valence-electron chi connectivity index (χ2n) is 6.05. The molecule has 2 aromatic heterocycles. The Hall–Kier alpha value is -3.11. The Morgan fingerprint density at radius 2 is 2.07 bits per heavy atom. The fourth-order valence-corrected chi connectivity index (χ4v) is 5.24. The molecule has 0 fully saturated rings. The van der Waals surface area contributed by atoms with E-state index in [1.807, 2.05) is 43.3 Å². The molecule has 2 aromatic carbocycles. The molecule has 29 heavy (non-hydrogen) atoms. The highest BCUT2D eigenvalue weighted by atomic mass is 32.2.